The highest BCUT2D eigenvalue weighted by Crippen LogP contribution is 2.23. The van der Waals surface area contributed by atoms with Crippen molar-refractivity contribution >= 4 is 29.3 Å². The predicted octanol–water partition coefficient (Wildman–Crippen LogP) is 3.09. The van der Waals surface area contributed by atoms with Crippen molar-refractivity contribution in [1.29, 1.82) is 0 Å². The molecule has 4 amide bonds. The van der Waals surface area contributed by atoms with Crippen LogP contribution in [0.1, 0.15) is 37.9 Å². The highest BCUT2D eigenvalue weighted by atomic mass is 16.2. The SMILES string of the molecule is Cc1ccccc1NC(=O)[C@H](NC(=O)CN1C(=O)c2ccccc2C1=O)c1ccccc1. The number of carbonyl (C=O) groups is 4. The first-order valence-electron chi connectivity index (χ1n) is 10.1. The first-order chi connectivity index (χ1) is 15.5. The second kappa shape index (κ2) is 8.85. The molecule has 0 bridgehead atoms. The van der Waals surface area contributed by atoms with Crippen molar-refractivity contribution in [3.63, 3.8) is 0 Å². The van der Waals surface area contributed by atoms with Crippen molar-refractivity contribution in [3.8, 4) is 0 Å². The minimum atomic E-state index is -1.00. The Morgan fingerprint density at radius 3 is 2.00 bits per heavy atom. The van der Waals surface area contributed by atoms with Crippen LogP contribution in [0.25, 0.3) is 0 Å². The highest BCUT2D eigenvalue weighted by Gasteiger charge is 2.37. The van der Waals surface area contributed by atoms with Gasteiger partial charge in [0.05, 0.1) is 11.1 Å². The van der Waals surface area contributed by atoms with Crippen LogP contribution in [-0.2, 0) is 9.59 Å². The number of carbonyl (C=O) groups excluding carboxylic acids is 4. The molecule has 0 saturated heterocycles. The van der Waals surface area contributed by atoms with Gasteiger partial charge in [-0.3, -0.25) is 24.1 Å². The maximum absolute atomic E-state index is 13.1. The van der Waals surface area contributed by atoms with Gasteiger partial charge in [0.2, 0.25) is 5.91 Å². The molecule has 160 valence electrons. The van der Waals surface area contributed by atoms with Crippen molar-refractivity contribution in [2.45, 2.75) is 13.0 Å². The molecule has 3 aromatic carbocycles. The van der Waals surface area contributed by atoms with Crippen LogP contribution in [0.15, 0.2) is 78.9 Å². The Morgan fingerprint density at radius 2 is 1.38 bits per heavy atom. The van der Waals surface area contributed by atoms with E-state index in [9.17, 15) is 19.2 Å². The van der Waals surface area contributed by atoms with Crippen molar-refractivity contribution in [2.75, 3.05) is 11.9 Å². The molecular weight excluding hydrogens is 406 g/mol. The van der Waals surface area contributed by atoms with Gasteiger partial charge in [0.1, 0.15) is 12.6 Å². The number of nitrogens with one attached hydrogen (secondary N) is 2. The zero-order valence-electron chi connectivity index (χ0n) is 17.4. The zero-order valence-corrected chi connectivity index (χ0v) is 17.4. The van der Waals surface area contributed by atoms with E-state index in [4.69, 9.17) is 0 Å². The van der Waals surface area contributed by atoms with Crippen molar-refractivity contribution in [2.24, 2.45) is 0 Å². The van der Waals surface area contributed by atoms with Crippen LogP contribution < -0.4 is 10.6 Å². The molecule has 0 saturated carbocycles. The van der Waals surface area contributed by atoms with Gasteiger partial charge >= 0.3 is 0 Å². The summed E-state index contributed by atoms with van der Waals surface area (Å²) in [5.74, 6) is -2.10. The Bertz CT molecular complexity index is 1170. The first-order valence-corrected chi connectivity index (χ1v) is 10.1. The number of hydrogen-bond donors (Lipinski definition) is 2. The van der Waals surface area contributed by atoms with E-state index in [-0.39, 0.29) is 11.1 Å². The smallest absolute Gasteiger partial charge is 0.262 e. The molecule has 7 nitrogen and oxygen atoms in total. The Hall–Kier alpha value is -4.26. The second-order valence-corrected chi connectivity index (χ2v) is 7.46. The minimum Gasteiger partial charge on any atom is -0.339 e. The lowest BCUT2D eigenvalue weighted by molar-refractivity contribution is -0.126. The number of imide groups is 1. The maximum Gasteiger partial charge on any atom is 0.262 e. The predicted molar refractivity (Wildman–Crippen MR) is 119 cm³/mol. The molecule has 3 aromatic rings. The fourth-order valence-electron chi connectivity index (χ4n) is 3.60. The molecule has 7 heteroatoms. The molecule has 0 unspecified atom stereocenters. The summed E-state index contributed by atoms with van der Waals surface area (Å²) < 4.78 is 0. The largest absolute Gasteiger partial charge is 0.339 e. The first kappa shape index (κ1) is 21.0. The highest BCUT2D eigenvalue weighted by molar-refractivity contribution is 6.22. The van der Waals surface area contributed by atoms with E-state index >= 15 is 0 Å². The van der Waals surface area contributed by atoms with Gasteiger partial charge in [0.25, 0.3) is 17.7 Å². The summed E-state index contributed by atoms with van der Waals surface area (Å²) in [4.78, 5) is 51.9. The molecule has 0 spiro atoms. The fraction of sp³-hybridized carbons (Fsp3) is 0.120. The Kier molecular flexibility index (Phi) is 5.81. The van der Waals surface area contributed by atoms with Gasteiger partial charge in [-0.05, 0) is 36.2 Å². The van der Waals surface area contributed by atoms with Crippen LogP contribution in [0.2, 0.25) is 0 Å². The van der Waals surface area contributed by atoms with Crippen LogP contribution in [0.4, 0.5) is 5.69 Å². The van der Waals surface area contributed by atoms with E-state index in [1.165, 1.54) is 0 Å². The van der Waals surface area contributed by atoms with Gasteiger partial charge in [-0.1, -0.05) is 60.7 Å². The van der Waals surface area contributed by atoms with Gasteiger partial charge in [-0.15, -0.1) is 0 Å². The third-order valence-electron chi connectivity index (χ3n) is 5.28. The van der Waals surface area contributed by atoms with Gasteiger partial charge in [-0.25, -0.2) is 0 Å². The van der Waals surface area contributed by atoms with E-state index in [1.807, 2.05) is 19.1 Å². The summed E-state index contributed by atoms with van der Waals surface area (Å²) >= 11 is 0. The quantitative estimate of drug-likeness (QED) is 0.591. The number of fused-ring (bicyclic) bond motifs is 1. The summed E-state index contributed by atoms with van der Waals surface area (Å²) in [7, 11) is 0. The van der Waals surface area contributed by atoms with Gasteiger partial charge in [0, 0.05) is 5.69 Å². The number of hydrogen-bond acceptors (Lipinski definition) is 4. The van der Waals surface area contributed by atoms with E-state index in [0.717, 1.165) is 10.5 Å². The van der Waals surface area contributed by atoms with Crippen LogP contribution in [-0.4, -0.2) is 35.1 Å². The number of benzene rings is 3. The van der Waals surface area contributed by atoms with Gasteiger partial charge in [-0.2, -0.15) is 0 Å². The van der Waals surface area contributed by atoms with Gasteiger partial charge < -0.3 is 10.6 Å². The number of aryl methyl sites for hydroxylation is 1. The lowest BCUT2D eigenvalue weighted by Gasteiger charge is -2.21. The van der Waals surface area contributed by atoms with Crippen molar-refractivity contribution in [1.82, 2.24) is 10.2 Å². The Labute approximate surface area is 185 Å². The molecule has 0 fully saturated rings. The maximum atomic E-state index is 13.1. The van der Waals surface area contributed by atoms with Crippen LogP contribution in [0, 0.1) is 6.92 Å². The van der Waals surface area contributed by atoms with Crippen LogP contribution in [0.5, 0.6) is 0 Å². The number of amides is 4. The standard InChI is InChI=1S/C25H21N3O4/c1-16-9-5-8-14-20(16)26-23(30)22(17-10-3-2-4-11-17)27-21(29)15-28-24(31)18-12-6-7-13-19(18)25(28)32/h2-14,22H,15H2,1H3,(H,26,30)(H,27,29)/t22-/m1/s1. The minimum absolute atomic E-state index is 0.266. The molecule has 1 heterocycles. The average Bonchev–Trinajstić information content (AvgIpc) is 3.04. The summed E-state index contributed by atoms with van der Waals surface area (Å²) in [6, 6.07) is 21.5. The molecule has 1 atom stereocenters. The molecular formula is C25H21N3O4. The van der Waals surface area contributed by atoms with E-state index in [1.54, 1.807) is 66.7 Å². The molecule has 1 aliphatic rings. The summed E-state index contributed by atoms with van der Waals surface area (Å²) in [6.45, 7) is 1.39. The average molecular weight is 427 g/mol. The topological polar surface area (TPSA) is 95.6 Å². The molecule has 1 aliphatic heterocycles. The second-order valence-electron chi connectivity index (χ2n) is 7.46. The van der Waals surface area contributed by atoms with E-state index in [2.05, 4.69) is 10.6 Å². The van der Waals surface area contributed by atoms with Crippen molar-refractivity contribution < 1.29 is 19.2 Å². The number of nitrogens with zero attached hydrogens (tertiary/aromatic N) is 1. The molecule has 0 radical (unpaired) electrons. The Balaban J connectivity index is 1.52. The van der Waals surface area contributed by atoms with Crippen LogP contribution >= 0.6 is 0 Å². The lowest BCUT2D eigenvalue weighted by atomic mass is 10.1. The summed E-state index contributed by atoms with van der Waals surface area (Å²) in [6.07, 6.45) is 0. The normalized spacial score (nSPS) is 13.5. The van der Waals surface area contributed by atoms with E-state index in [0.29, 0.717) is 11.3 Å². The number of rotatable bonds is 6. The molecule has 2 N–H and O–H groups in total. The monoisotopic (exact) mass is 427 g/mol. The summed E-state index contributed by atoms with van der Waals surface area (Å²) in [5, 5.41) is 5.51. The van der Waals surface area contributed by atoms with E-state index < -0.39 is 36.2 Å². The third kappa shape index (κ3) is 4.13. The van der Waals surface area contributed by atoms with Crippen LogP contribution in [0.3, 0.4) is 0 Å². The Morgan fingerprint density at radius 1 is 0.812 bits per heavy atom. The van der Waals surface area contributed by atoms with Gasteiger partial charge in [0.15, 0.2) is 0 Å². The van der Waals surface area contributed by atoms with Crippen molar-refractivity contribution in [3.05, 3.63) is 101 Å². The summed E-state index contributed by atoms with van der Waals surface area (Å²) in [5.41, 5.74) is 2.62. The molecule has 0 aromatic heterocycles. The molecule has 0 aliphatic carbocycles. The molecule has 32 heavy (non-hydrogen) atoms. The number of anilines is 1. The lowest BCUT2D eigenvalue weighted by Crippen LogP contribution is -2.44. The fourth-order valence-corrected chi connectivity index (χ4v) is 3.60. The zero-order chi connectivity index (χ0) is 22.7. The third-order valence-corrected chi connectivity index (χ3v) is 5.28. The molecule has 4 rings (SSSR count). The number of para-hydroxylation sites is 1.